The van der Waals surface area contributed by atoms with Crippen LogP contribution in [0.2, 0.25) is 0 Å². The fraction of sp³-hybridized carbons (Fsp3) is 0.818. The molecule has 0 aliphatic rings. The quantitative estimate of drug-likeness (QED) is 0.216. The molecule has 124 valence electrons. The number of aliphatic hydroxyl groups is 2. The normalized spacial score (nSPS) is 14.3. The maximum Gasteiger partial charge on any atom is 0.249 e. The fourth-order valence-electron chi connectivity index (χ4n) is 1.23. The topological polar surface area (TPSA) is 139 Å². The summed E-state index contributed by atoms with van der Waals surface area (Å²) in [6.45, 7) is 3.00. The minimum absolute atomic E-state index is 0.0170. The van der Waals surface area contributed by atoms with Crippen LogP contribution in [0.1, 0.15) is 20.3 Å². The average molecular weight is 341 g/mol. The van der Waals surface area contributed by atoms with Crippen molar-refractivity contribution in [3.8, 4) is 0 Å². The Hall–Kier alpha value is -0.680. The molecule has 2 atom stereocenters. The van der Waals surface area contributed by atoms with E-state index in [9.17, 15) is 23.5 Å². The number of rotatable bonds is 10. The van der Waals surface area contributed by atoms with E-state index in [1.54, 1.807) is 13.8 Å². The van der Waals surface area contributed by atoms with Gasteiger partial charge >= 0.3 is 0 Å². The van der Waals surface area contributed by atoms with Crippen LogP contribution in [0.15, 0.2) is 0 Å². The van der Waals surface area contributed by atoms with E-state index in [0.717, 1.165) is 0 Å². The number of hydrogen-bond donors (Lipinski definition) is 4. The molecule has 2 unspecified atom stereocenters. The van der Waals surface area contributed by atoms with Gasteiger partial charge in [-0.15, -0.1) is 0 Å². The monoisotopic (exact) mass is 341 g/mol. The van der Waals surface area contributed by atoms with Crippen molar-refractivity contribution in [2.24, 2.45) is 5.41 Å². The molecule has 0 bridgehead atoms. The van der Waals surface area contributed by atoms with Crippen LogP contribution in [-0.2, 0) is 19.7 Å². The molecular weight excluding hydrogens is 320 g/mol. The second kappa shape index (κ2) is 10.1. The highest BCUT2D eigenvalue weighted by Gasteiger charge is 2.32. The minimum Gasteiger partial charge on any atom is -0.764 e. The molecule has 8 nitrogen and oxygen atoms in total. The second-order valence-electron chi connectivity index (χ2n) is 4.97. The number of aliphatic hydroxyl groups excluding tert-OH is 2. The third kappa shape index (κ3) is 9.04. The largest absolute Gasteiger partial charge is 0.764 e. The summed E-state index contributed by atoms with van der Waals surface area (Å²) in [5.74, 6) is -0.736. The Balaban J connectivity index is 3.85. The highest BCUT2D eigenvalue weighted by molar-refractivity contribution is 8.67. The van der Waals surface area contributed by atoms with Crippen LogP contribution >= 0.6 is 10.8 Å². The van der Waals surface area contributed by atoms with Crippen molar-refractivity contribution in [1.29, 1.82) is 0 Å². The van der Waals surface area contributed by atoms with Gasteiger partial charge in [-0.3, -0.25) is 13.8 Å². The van der Waals surface area contributed by atoms with Gasteiger partial charge in [-0.25, -0.2) is 0 Å². The van der Waals surface area contributed by atoms with Crippen LogP contribution in [0, 0.1) is 5.41 Å². The molecule has 0 spiro atoms. The van der Waals surface area contributed by atoms with Crippen molar-refractivity contribution in [1.82, 2.24) is 10.6 Å². The number of hydrogen-bond acceptors (Lipinski definition) is 7. The van der Waals surface area contributed by atoms with E-state index in [-0.39, 0.29) is 37.8 Å². The van der Waals surface area contributed by atoms with E-state index in [2.05, 4.69) is 10.6 Å². The van der Waals surface area contributed by atoms with Gasteiger partial charge in [0.25, 0.3) is 0 Å². The van der Waals surface area contributed by atoms with Crippen molar-refractivity contribution >= 4 is 32.7 Å². The summed E-state index contributed by atoms with van der Waals surface area (Å²) in [6.07, 6.45) is -1.35. The predicted molar refractivity (Wildman–Crippen MR) is 78.9 cm³/mol. The van der Waals surface area contributed by atoms with Crippen molar-refractivity contribution in [3.05, 3.63) is 0 Å². The summed E-state index contributed by atoms with van der Waals surface area (Å²) in [6, 6.07) is 0. The zero-order chi connectivity index (χ0) is 16.5. The van der Waals surface area contributed by atoms with Gasteiger partial charge in [-0.2, -0.15) is 0 Å². The zero-order valence-corrected chi connectivity index (χ0v) is 13.6. The Morgan fingerprint density at radius 2 is 1.95 bits per heavy atom. The molecule has 0 aromatic rings. The Kier molecular flexibility index (Phi) is 9.79. The smallest absolute Gasteiger partial charge is 0.249 e. The van der Waals surface area contributed by atoms with Crippen molar-refractivity contribution in [2.45, 2.75) is 26.4 Å². The summed E-state index contributed by atoms with van der Waals surface area (Å²) >= 11 is 0. The third-order valence-corrected chi connectivity index (χ3v) is 4.29. The van der Waals surface area contributed by atoms with Gasteiger partial charge in [-0.05, 0) is 0 Å². The van der Waals surface area contributed by atoms with Crippen molar-refractivity contribution in [3.63, 3.8) is 0 Å². The molecular formula is C11H21N2O6S2-. The number of amides is 2. The molecule has 0 saturated heterocycles. The average Bonchev–Trinajstić information content (AvgIpc) is 2.42. The van der Waals surface area contributed by atoms with E-state index < -0.39 is 27.5 Å². The molecule has 4 N–H and O–H groups in total. The minimum atomic E-state index is -2.20. The lowest BCUT2D eigenvalue weighted by Gasteiger charge is -2.27. The first-order valence-electron chi connectivity index (χ1n) is 6.26. The zero-order valence-electron chi connectivity index (χ0n) is 12.0. The lowest BCUT2D eigenvalue weighted by Crippen LogP contribution is -2.46. The SMILES string of the molecule is CC(C)(CO)C(O)C(=O)NCCC(=O)NCCSS(=O)[O-]. The molecule has 0 aromatic carbocycles. The first-order valence-corrected chi connectivity index (χ1v) is 8.84. The Bertz CT molecular complexity index is 378. The summed E-state index contributed by atoms with van der Waals surface area (Å²) < 4.78 is 20.4. The van der Waals surface area contributed by atoms with Gasteiger partial charge in [-0.1, -0.05) is 24.6 Å². The van der Waals surface area contributed by atoms with Crippen LogP contribution in [0.4, 0.5) is 0 Å². The molecule has 21 heavy (non-hydrogen) atoms. The molecule has 0 fully saturated rings. The molecule has 0 aliphatic carbocycles. The van der Waals surface area contributed by atoms with Crippen molar-refractivity contribution in [2.75, 3.05) is 25.4 Å². The van der Waals surface area contributed by atoms with Crippen LogP contribution in [0.5, 0.6) is 0 Å². The summed E-state index contributed by atoms with van der Waals surface area (Å²) in [4.78, 5) is 23.0. The van der Waals surface area contributed by atoms with Crippen LogP contribution < -0.4 is 10.6 Å². The highest BCUT2D eigenvalue weighted by atomic mass is 33.1. The molecule has 0 aromatic heterocycles. The number of carbonyl (C=O) groups is 2. The molecule has 0 rings (SSSR count). The van der Waals surface area contributed by atoms with E-state index in [1.807, 2.05) is 0 Å². The van der Waals surface area contributed by atoms with E-state index in [1.165, 1.54) is 0 Å². The van der Waals surface area contributed by atoms with Gasteiger partial charge < -0.3 is 25.4 Å². The molecule has 0 radical (unpaired) electrons. The summed E-state index contributed by atoms with van der Waals surface area (Å²) in [5, 5.41) is 23.6. The Morgan fingerprint density at radius 3 is 2.48 bits per heavy atom. The summed E-state index contributed by atoms with van der Waals surface area (Å²) in [5.41, 5.74) is -0.961. The van der Waals surface area contributed by atoms with Gasteiger partial charge in [0.1, 0.15) is 6.10 Å². The van der Waals surface area contributed by atoms with Crippen LogP contribution in [0.3, 0.4) is 0 Å². The van der Waals surface area contributed by atoms with Crippen LogP contribution in [-0.4, -0.2) is 62.3 Å². The maximum absolute atomic E-state index is 11.6. The molecule has 10 heteroatoms. The van der Waals surface area contributed by atoms with Gasteiger partial charge in [0, 0.05) is 40.8 Å². The Morgan fingerprint density at radius 1 is 1.33 bits per heavy atom. The molecule has 0 aliphatic heterocycles. The lowest BCUT2D eigenvalue weighted by molar-refractivity contribution is -0.137. The second-order valence-corrected chi connectivity index (χ2v) is 7.54. The van der Waals surface area contributed by atoms with E-state index in [0.29, 0.717) is 10.8 Å². The summed E-state index contributed by atoms with van der Waals surface area (Å²) in [7, 11) is -1.51. The highest BCUT2D eigenvalue weighted by Crippen LogP contribution is 2.19. The Labute approximate surface area is 129 Å². The van der Waals surface area contributed by atoms with Crippen LogP contribution in [0.25, 0.3) is 0 Å². The van der Waals surface area contributed by atoms with Crippen molar-refractivity contribution < 1.29 is 28.6 Å². The fourth-order valence-corrected chi connectivity index (χ4v) is 2.21. The van der Waals surface area contributed by atoms with E-state index in [4.69, 9.17) is 5.11 Å². The number of nitrogens with one attached hydrogen (secondary N) is 2. The lowest BCUT2D eigenvalue weighted by atomic mass is 9.87. The molecule has 0 saturated carbocycles. The maximum atomic E-state index is 11.6. The number of carbonyl (C=O) groups excluding carboxylic acids is 2. The molecule has 2 amide bonds. The predicted octanol–water partition coefficient (Wildman–Crippen LogP) is -1.48. The first kappa shape index (κ1) is 20.3. The van der Waals surface area contributed by atoms with Gasteiger partial charge in [0.05, 0.1) is 6.61 Å². The standard InChI is InChI=1S/C11H22N2O6S2/c1-11(2,7-14)9(16)10(17)13-4-3-8(15)12-5-6-20-21(18)19/h9,14,16H,3-7H2,1-2H3,(H,12,15)(H,13,17)(H,18,19)/p-1. The van der Waals surface area contributed by atoms with Gasteiger partial charge in [0.2, 0.25) is 11.8 Å². The van der Waals surface area contributed by atoms with Gasteiger partial charge in [0.15, 0.2) is 0 Å². The first-order chi connectivity index (χ1) is 9.70. The molecule has 0 heterocycles. The third-order valence-electron chi connectivity index (χ3n) is 2.65. The van der Waals surface area contributed by atoms with E-state index >= 15 is 0 Å².